The standard InChI is InChI=1S/C21H33N5O6S/c1-14-9-26(21(32)24-20(14)31)12-19(30)25(10-15(2)27)11-17(22-4)7-5-6-8-23-18(29)13-33-16(3)28/h9,17,22H,5-8,10-13H2,1-4H3,(H,23,29)(H,24,31,32). The highest BCUT2D eigenvalue weighted by atomic mass is 32.2. The number of carbonyl (C=O) groups is 4. The third kappa shape index (κ3) is 11.1. The lowest BCUT2D eigenvalue weighted by Gasteiger charge is -2.27. The van der Waals surface area contributed by atoms with E-state index in [0.717, 1.165) is 29.2 Å². The van der Waals surface area contributed by atoms with Crippen molar-refractivity contribution < 1.29 is 19.2 Å². The van der Waals surface area contributed by atoms with Crippen molar-refractivity contribution in [2.45, 2.75) is 52.6 Å². The molecule has 1 aromatic rings. The van der Waals surface area contributed by atoms with Gasteiger partial charge < -0.3 is 15.5 Å². The first-order valence-electron chi connectivity index (χ1n) is 10.7. The fourth-order valence-corrected chi connectivity index (χ4v) is 3.50. The number of nitrogens with one attached hydrogen (secondary N) is 3. The van der Waals surface area contributed by atoms with Crippen LogP contribution in [0.15, 0.2) is 15.8 Å². The molecule has 0 aromatic carbocycles. The smallest absolute Gasteiger partial charge is 0.328 e. The van der Waals surface area contributed by atoms with Crippen LogP contribution in [0.5, 0.6) is 0 Å². The lowest BCUT2D eigenvalue weighted by molar-refractivity contribution is -0.135. The summed E-state index contributed by atoms with van der Waals surface area (Å²) in [5.41, 5.74) is -0.885. The molecule has 0 aliphatic heterocycles. The van der Waals surface area contributed by atoms with Gasteiger partial charge in [-0.2, -0.15) is 0 Å². The van der Waals surface area contributed by atoms with Gasteiger partial charge in [0.2, 0.25) is 11.8 Å². The maximum Gasteiger partial charge on any atom is 0.328 e. The van der Waals surface area contributed by atoms with E-state index < -0.39 is 17.2 Å². The number of unbranched alkanes of at least 4 members (excludes halogenated alkanes) is 1. The summed E-state index contributed by atoms with van der Waals surface area (Å²) >= 11 is 0.964. The maximum atomic E-state index is 12.8. The van der Waals surface area contributed by atoms with E-state index in [2.05, 4.69) is 15.6 Å². The zero-order valence-corrected chi connectivity index (χ0v) is 20.4. The van der Waals surface area contributed by atoms with Crippen LogP contribution in [0.1, 0.15) is 38.7 Å². The highest BCUT2D eigenvalue weighted by molar-refractivity contribution is 8.14. The SMILES string of the molecule is CNC(CCCCNC(=O)CSC(C)=O)CN(CC(C)=O)C(=O)Cn1cc(C)c(=O)[nH]c1=O. The van der Waals surface area contributed by atoms with Crippen molar-refractivity contribution in [1.82, 2.24) is 25.1 Å². The Morgan fingerprint density at radius 2 is 1.88 bits per heavy atom. The Kier molecular flexibility index (Phi) is 12.4. The summed E-state index contributed by atoms with van der Waals surface area (Å²) in [6.45, 7) is 4.72. The van der Waals surface area contributed by atoms with Gasteiger partial charge in [0, 0.05) is 37.8 Å². The number of amides is 2. The number of H-pyrrole nitrogens is 1. The van der Waals surface area contributed by atoms with Crippen molar-refractivity contribution in [3.8, 4) is 0 Å². The van der Waals surface area contributed by atoms with E-state index in [-0.39, 0.29) is 48.2 Å². The molecule has 0 radical (unpaired) electrons. The zero-order chi connectivity index (χ0) is 25.0. The van der Waals surface area contributed by atoms with Gasteiger partial charge in [0.15, 0.2) is 5.12 Å². The van der Waals surface area contributed by atoms with Crippen LogP contribution < -0.4 is 21.9 Å². The number of likely N-dealkylation sites (N-methyl/N-ethyl adjacent to an activating group) is 1. The van der Waals surface area contributed by atoms with Crippen LogP contribution >= 0.6 is 11.8 Å². The molecule has 0 saturated carbocycles. The molecule has 12 heteroatoms. The molecule has 0 aliphatic carbocycles. The van der Waals surface area contributed by atoms with Gasteiger partial charge in [-0.05, 0) is 33.7 Å². The van der Waals surface area contributed by atoms with Gasteiger partial charge in [-0.1, -0.05) is 18.2 Å². The van der Waals surface area contributed by atoms with Gasteiger partial charge in [-0.25, -0.2) is 4.79 Å². The molecule has 2 amide bonds. The Labute approximate surface area is 196 Å². The number of hydrogen-bond donors (Lipinski definition) is 3. The number of hydrogen-bond acceptors (Lipinski definition) is 8. The molecule has 11 nitrogen and oxygen atoms in total. The molecule has 0 aliphatic rings. The topological polar surface area (TPSA) is 150 Å². The third-order valence-corrected chi connectivity index (χ3v) is 5.63. The summed E-state index contributed by atoms with van der Waals surface area (Å²) in [4.78, 5) is 74.1. The van der Waals surface area contributed by atoms with E-state index in [0.29, 0.717) is 18.5 Å². The van der Waals surface area contributed by atoms with Crippen molar-refractivity contribution in [2.24, 2.45) is 0 Å². The molecule has 0 spiro atoms. The van der Waals surface area contributed by atoms with Crippen molar-refractivity contribution >= 4 is 34.5 Å². The molecular weight excluding hydrogens is 450 g/mol. The number of carbonyl (C=O) groups excluding carboxylic acids is 4. The highest BCUT2D eigenvalue weighted by Gasteiger charge is 2.20. The molecule has 0 fully saturated rings. The first-order valence-corrected chi connectivity index (χ1v) is 11.7. The average Bonchev–Trinajstić information content (AvgIpc) is 2.73. The summed E-state index contributed by atoms with van der Waals surface area (Å²) in [7, 11) is 1.76. The van der Waals surface area contributed by atoms with Crippen LogP contribution in [-0.2, 0) is 25.7 Å². The predicted octanol–water partition coefficient (Wildman–Crippen LogP) is -0.583. The Balaban J connectivity index is 2.62. The van der Waals surface area contributed by atoms with E-state index in [1.807, 2.05) is 0 Å². The number of rotatable bonds is 14. The van der Waals surface area contributed by atoms with Crippen molar-refractivity contribution in [3.63, 3.8) is 0 Å². The van der Waals surface area contributed by atoms with Gasteiger partial charge in [0.1, 0.15) is 12.3 Å². The van der Waals surface area contributed by atoms with Crippen LogP contribution in [0.4, 0.5) is 0 Å². The molecule has 184 valence electrons. The average molecular weight is 484 g/mol. The summed E-state index contributed by atoms with van der Waals surface area (Å²) in [6, 6.07) is -0.0914. The Bertz CT molecular complexity index is 957. The number of aromatic nitrogens is 2. The number of ketones is 1. The third-order valence-electron chi connectivity index (χ3n) is 4.82. The lowest BCUT2D eigenvalue weighted by Crippen LogP contribution is -2.46. The lowest BCUT2D eigenvalue weighted by atomic mass is 10.1. The number of Topliss-reactive ketones (excluding diaryl/α,β-unsaturated/α-hetero) is 1. The Hall–Kier alpha value is -2.73. The molecule has 0 saturated heterocycles. The summed E-state index contributed by atoms with van der Waals surface area (Å²) < 4.78 is 1.12. The molecule has 1 heterocycles. The van der Waals surface area contributed by atoms with Gasteiger partial charge in [0.25, 0.3) is 5.56 Å². The quantitative estimate of drug-likeness (QED) is 0.297. The van der Waals surface area contributed by atoms with E-state index >= 15 is 0 Å². The van der Waals surface area contributed by atoms with E-state index in [1.54, 1.807) is 7.05 Å². The normalized spacial score (nSPS) is 11.6. The van der Waals surface area contributed by atoms with Crippen LogP contribution in [0.2, 0.25) is 0 Å². The molecule has 3 N–H and O–H groups in total. The fourth-order valence-electron chi connectivity index (χ4n) is 3.06. The van der Waals surface area contributed by atoms with Gasteiger partial charge >= 0.3 is 5.69 Å². The van der Waals surface area contributed by atoms with Crippen LogP contribution in [0.25, 0.3) is 0 Å². The van der Waals surface area contributed by atoms with Crippen molar-refractivity contribution in [2.75, 3.05) is 32.4 Å². The van der Waals surface area contributed by atoms with Crippen LogP contribution in [0.3, 0.4) is 0 Å². The van der Waals surface area contributed by atoms with Crippen molar-refractivity contribution in [1.29, 1.82) is 0 Å². The van der Waals surface area contributed by atoms with Gasteiger partial charge in [-0.3, -0.25) is 33.5 Å². The van der Waals surface area contributed by atoms with E-state index in [4.69, 9.17) is 0 Å². The minimum Gasteiger partial charge on any atom is -0.355 e. The van der Waals surface area contributed by atoms with Gasteiger partial charge in [-0.15, -0.1) is 0 Å². The number of aromatic amines is 1. The predicted molar refractivity (Wildman–Crippen MR) is 126 cm³/mol. The first kappa shape index (κ1) is 28.3. The maximum absolute atomic E-state index is 12.8. The summed E-state index contributed by atoms with van der Waals surface area (Å²) in [5.74, 6) is -0.677. The fraction of sp³-hybridized carbons (Fsp3) is 0.619. The molecule has 1 aromatic heterocycles. The Morgan fingerprint density at radius 1 is 1.18 bits per heavy atom. The largest absolute Gasteiger partial charge is 0.355 e. The van der Waals surface area contributed by atoms with Gasteiger partial charge in [0.05, 0.1) is 12.3 Å². The monoisotopic (exact) mass is 483 g/mol. The molecule has 1 rings (SSSR count). The first-order chi connectivity index (χ1) is 15.5. The second-order valence-electron chi connectivity index (χ2n) is 7.79. The molecular formula is C21H33N5O6S. The number of thioether (sulfide) groups is 1. The zero-order valence-electron chi connectivity index (χ0n) is 19.6. The van der Waals surface area contributed by atoms with E-state index in [1.165, 1.54) is 31.9 Å². The number of aryl methyl sites for hydroxylation is 1. The second kappa shape index (κ2) is 14.4. The Morgan fingerprint density at radius 3 is 2.48 bits per heavy atom. The number of nitrogens with zero attached hydrogens (tertiary/aromatic N) is 2. The molecule has 1 atom stereocenters. The second-order valence-corrected chi connectivity index (χ2v) is 8.94. The van der Waals surface area contributed by atoms with Crippen LogP contribution in [-0.4, -0.2) is 75.6 Å². The van der Waals surface area contributed by atoms with Crippen LogP contribution in [0, 0.1) is 6.92 Å². The highest BCUT2D eigenvalue weighted by Crippen LogP contribution is 2.05. The molecule has 0 bridgehead atoms. The summed E-state index contributed by atoms with van der Waals surface area (Å²) in [5, 5.41) is 5.79. The molecule has 33 heavy (non-hydrogen) atoms. The van der Waals surface area contributed by atoms with E-state index in [9.17, 15) is 28.8 Å². The molecule has 1 unspecified atom stereocenters. The van der Waals surface area contributed by atoms with Crippen molar-refractivity contribution in [3.05, 3.63) is 32.6 Å². The summed E-state index contributed by atoms with van der Waals surface area (Å²) in [6.07, 6.45) is 3.52. The minimum absolute atomic E-state index is 0.0853. The minimum atomic E-state index is -0.685.